The van der Waals surface area contributed by atoms with E-state index in [2.05, 4.69) is 15.2 Å². The number of aromatic nitrogens is 3. The van der Waals surface area contributed by atoms with Crippen LogP contribution in [-0.4, -0.2) is 44.9 Å². The lowest BCUT2D eigenvalue weighted by atomic mass is 9.95. The van der Waals surface area contributed by atoms with Crippen molar-refractivity contribution in [3.63, 3.8) is 0 Å². The van der Waals surface area contributed by atoms with Gasteiger partial charge in [-0.05, 0) is 39.7 Å². The van der Waals surface area contributed by atoms with Gasteiger partial charge >= 0.3 is 6.09 Å². The van der Waals surface area contributed by atoms with Crippen molar-refractivity contribution < 1.29 is 13.9 Å². The summed E-state index contributed by atoms with van der Waals surface area (Å²) in [6.07, 6.45) is 2.91. The molecule has 0 spiro atoms. The highest BCUT2D eigenvalue weighted by Gasteiger charge is 2.29. The number of H-pyrrole nitrogens is 2. The lowest BCUT2D eigenvalue weighted by molar-refractivity contribution is 0.0197. The number of amides is 1. The fraction of sp³-hybridized carbons (Fsp3) is 0.529. The van der Waals surface area contributed by atoms with Gasteiger partial charge in [0.1, 0.15) is 17.1 Å². The van der Waals surface area contributed by atoms with Crippen LogP contribution in [0.2, 0.25) is 0 Å². The van der Waals surface area contributed by atoms with E-state index in [1.54, 1.807) is 4.90 Å². The van der Waals surface area contributed by atoms with Crippen molar-refractivity contribution in [3.05, 3.63) is 29.8 Å². The molecule has 3 rings (SSSR count). The number of halogens is 1. The second kappa shape index (κ2) is 6.30. The molecule has 1 aliphatic rings. The molecule has 2 aromatic rings. The van der Waals surface area contributed by atoms with Crippen molar-refractivity contribution in [2.45, 2.75) is 45.1 Å². The highest BCUT2D eigenvalue weighted by molar-refractivity contribution is 5.68. The number of nitrogens with one attached hydrogen (secondary N) is 2. The van der Waals surface area contributed by atoms with Gasteiger partial charge in [-0.25, -0.2) is 9.18 Å². The number of rotatable bonds is 2. The van der Waals surface area contributed by atoms with Gasteiger partial charge in [0.2, 0.25) is 0 Å². The summed E-state index contributed by atoms with van der Waals surface area (Å²) in [5.74, 6) is -0.143. The van der Waals surface area contributed by atoms with Crippen LogP contribution in [0.4, 0.5) is 9.18 Å². The second-order valence-corrected chi connectivity index (χ2v) is 7.21. The summed E-state index contributed by atoms with van der Waals surface area (Å²) < 4.78 is 18.6. The van der Waals surface area contributed by atoms with Gasteiger partial charge in [0.25, 0.3) is 0 Å². The summed E-state index contributed by atoms with van der Waals surface area (Å²) in [6, 6.07) is 3.32. The van der Waals surface area contributed by atoms with Crippen LogP contribution in [0, 0.1) is 5.82 Å². The van der Waals surface area contributed by atoms with E-state index >= 15 is 0 Å². The molecule has 0 radical (unpaired) electrons. The summed E-state index contributed by atoms with van der Waals surface area (Å²) in [5, 5.41) is 7.27. The maximum absolute atomic E-state index is 13.1. The fourth-order valence-electron chi connectivity index (χ4n) is 2.92. The molecule has 1 amide bonds. The van der Waals surface area contributed by atoms with E-state index in [9.17, 15) is 9.18 Å². The average Bonchev–Trinajstić information content (AvgIpc) is 3.14. The molecule has 6 nitrogen and oxygen atoms in total. The Morgan fingerprint density at radius 3 is 2.88 bits per heavy atom. The Bertz CT molecular complexity index is 716. The molecular weight excluding hydrogens is 311 g/mol. The molecule has 0 aromatic carbocycles. The molecule has 2 aromatic heterocycles. The van der Waals surface area contributed by atoms with E-state index in [1.165, 1.54) is 12.3 Å². The molecule has 0 bridgehead atoms. The predicted octanol–water partition coefficient (Wildman–Crippen LogP) is 3.66. The maximum atomic E-state index is 13.1. The highest BCUT2D eigenvalue weighted by Crippen LogP contribution is 2.29. The molecule has 1 saturated heterocycles. The Kier molecular flexibility index (Phi) is 4.34. The lowest BCUT2D eigenvalue weighted by Gasteiger charge is -2.33. The van der Waals surface area contributed by atoms with Crippen LogP contribution >= 0.6 is 0 Å². The zero-order chi connectivity index (χ0) is 17.3. The molecule has 24 heavy (non-hydrogen) atoms. The van der Waals surface area contributed by atoms with Crippen molar-refractivity contribution in [1.29, 1.82) is 0 Å². The summed E-state index contributed by atoms with van der Waals surface area (Å²) >= 11 is 0. The molecule has 130 valence electrons. The Labute approximate surface area is 140 Å². The van der Waals surface area contributed by atoms with Gasteiger partial charge in [0.15, 0.2) is 0 Å². The van der Waals surface area contributed by atoms with Crippen LogP contribution < -0.4 is 0 Å². The molecule has 1 aliphatic heterocycles. The van der Waals surface area contributed by atoms with Crippen LogP contribution in [0.3, 0.4) is 0 Å². The third-order valence-electron chi connectivity index (χ3n) is 4.03. The van der Waals surface area contributed by atoms with Crippen LogP contribution in [0.1, 0.15) is 45.2 Å². The smallest absolute Gasteiger partial charge is 0.410 e. The first-order valence-corrected chi connectivity index (χ1v) is 8.19. The van der Waals surface area contributed by atoms with Gasteiger partial charge in [-0.3, -0.25) is 5.10 Å². The van der Waals surface area contributed by atoms with Crippen molar-refractivity contribution in [3.8, 4) is 11.4 Å². The number of likely N-dealkylation sites (tertiary alicyclic amines) is 1. The van der Waals surface area contributed by atoms with Gasteiger partial charge in [0, 0.05) is 37.0 Å². The van der Waals surface area contributed by atoms with Gasteiger partial charge in [-0.15, -0.1) is 0 Å². The van der Waals surface area contributed by atoms with Crippen molar-refractivity contribution >= 4 is 6.09 Å². The quantitative estimate of drug-likeness (QED) is 0.880. The van der Waals surface area contributed by atoms with Crippen LogP contribution in [0.5, 0.6) is 0 Å². The zero-order valence-electron chi connectivity index (χ0n) is 14.2. The number of carbonyl (C=O) groups excluding carboxylic acids is 1. The second-order valence-electron chi connectivity index (χ2n) is 7.21. The minimum Gasteiger partial charge on any atom is -0.444 e. The van der Waals surface area contributed by atoms with E-state index < -0.39 is 5.60 Å². The van der Waals surface area contributed by atoms with Crippen LogP contribution in [0.15, 0.2) is 18.3 Å². The number of hydrogen-bond acceptors (Lipinski definition) is 3. The molecule has 0 unspecified atom stereocenters. The SMILES string of the molecule is CC(C)(C)OC(=O)N1CCC[C@H](c2cc(-c3cc(F)c[nH]3)n[nH]2)C1. The Balaban J connectivity index is 1.69. The predicted molar refractivity (Wildman–Crippen MR) is 88.1 cm³/mol. The molecule has 3 heterocycles. The largest absolute Gasteiger partial charge is 0.444 e. The molecule has 7 heteroatoms. The summed E-state index contributed by atoms with van der Waals surface area (Å²) in [5.41, 5.74) is 1.76. The summed E-state index contributed by atoms with van der Waals surface area (Å²) in [4.78, 5) is 16.8. The van der Waals surface area contributed by atoms with Crippen molar-refractivity contribution in [2.75, 3.05) is 13.1 Å². The Morgan fingerprint density at radius 2 is 2.21 bits per heavy atom. The zero-order valence-corrected chi connectivity index (χ0v) is 14.2. The number of carbonyl (C=O) groups is 1. The van der Waals surface area contributed by atoms with Gasteiger partial charge in [-0.2, -0.15) is 5.10 Å². The molecule has 1 fully saturated rings. The fourth-order valence-corrected chi connectivity index (χ4v) is 2.92. The average molecular weight is 334 g/mol. The van der Waals surface area contributed by atoms with E-state index in [0.29, 0.717) is 24.5 Å². The van der Waals surface area contributed by atoms with Gasteiger partial charge in [-0.1, -0.05) is 0 Å². The Morgan fingerprint density at radius 1 is 1.42 bits per heavy atom. The van der Waals surface area contributed by atoms with Gasteiger partial charge < -0.3 is 14.6 Å². The summed E-state index contributed by atoms with van der Waals surface area (Å²) in [6.45, 7) is 6.89. The molecule has 2 N–H and O–H groups in total. The molecule has 1 atom stereocenters. The van der Waals surface area contributed by atoms with Gasteiger partial charge in [0.05, 0.1) is 5.69 Å². The minimum atomic E-state index is -0.497. The number of aromatic amines is 2. The number of nitrogens with zero attached hydrogens (tertiary/aromatic N) is 2. The number of piperidine rings is 1. The normalized spacial score (nSPS) is 18.7. The monoisotopic (exact) mass is 334 g/mol. The van der Waals surface area contributed by atoms with E-state index in [4.69, 9.17) is 4.74 Å². The standard InChI is InChI=1S/C17H23FN4O2/c1-17(2,3)24-16(23)22-6-4-5-11(10-22)13-8-15(21-20-13)14-7-12(18)9-19-14/h7-9,11,19H,4-6,10H2,1-3H3,(H,20,21)/t11-/m0/s1. The Hall–Kier alpha value is -2.31. The van der Waals surface area contributed by atoms with E-state index in [-0.39, 0.29) is 17.8 Å². The molecule has 0 aliphatic carbocycles. The molecular formula is C17H23FN4O2. The lowest BCUT2D eigenvalue weighted by Crippen LogP contribution is -2.42. The summed E-state index contributed by atoms with van der Waals surface area (Å²) in [7, 11) is 0. The minimum absolute atomic E-state index is 0.173. The van der Waals surface area contributed by atoms with E-state index in [1.807, 2.05) is 26.8 Å². The van der Waals surface area contributed by atoms with Crippen molar-refractivity contribution in [1.82, 2.24) is 20.1 Å². The highest BCUT2D eigenvalue weighted by atomic mass is 19.1. The molecule has 0 saturated carbocycles. The van der Waals surface area contributed by atoms with Crippen LogP contribution in [-0.2, 0) is 4.74 Å². The van der Waals surface area contributed by atoms with E-state index in [0.717, 1.165) is 18.5 Å². The first-order chi connectivity index (χ1) is 11.3. The topological polar surface area (TPSA) is 74.0 Å². The number of ether oxygens (including phenoxy) is 1. The third kappa shape index (κ3) is 3.77. The number of hydrogen-bond donors (Lipinski definition) is 2. The maximum Gasteiger partial charge on any atom is 0.410 e. The van der Waals surface area contributed by atoms with Crippen LogP contribution in [0.25, 0.3) is 11.4 Å². The van der Waals surface area contributed by atoms with Crippen molar-refractivity contribution in [2.24, 2.45) is 0 Å². The first-order valence-electron chi connectivity index (χ1n) is 8.19. The third-order valence-corrected chi connectivity index (χ3v) is 4.03. The first kappa shape index (κ1) is 16.5.